The molecule has 1 aromatic carbocycles. The van der Waals surface area contributed by atoms with Gasteiger partial charge in [0.05, 0.1) is 0 Å². The van der Waals surface area contributed by atoms with E-state index in [2.05, 4.69) is 0 Å². The first kappa shape index (κ1) is 11.3. The van der Waals surface area contributed by atoms with Crippen molar-refractivity contribution in [3.8, 4) is 0 Å². The van der Waals surface area contributed by atoms with E-state index in [1.807, 2.05) is 0 Å². The van der Waals surface area contributed by atoms with Crippen molar-refractivity contribution in [3.05, 3.63) is 29.6 Å². The zero-order chi connectivity index (χ0) is 10.7. The SMILES string of the molecule is O=C(O)SSc1cc(F)c(F)c(F)c1. The Bertz CT molecular complexity index is 347. The van der Waals surface area contributed by atoms with Crippen LogP contribution in [0.4, 0.5) is 18.0 Å². The summed E-state index contributed by atoms with van der Waals surface area (Å²) in [7, 11) is 1.02. The van der Waals surface area contributed by atoms with Crippen molar-refractivity contribution in [1.29, 1.82) is 0 Å². The summed E-state index contributed by atoms with van der Waals surface area (Å²) in [6.07, 6.45) is 0. The Hall–Kier alpha value is -0.820. The highest BCUT2D eigenvalue weighted by atomic mass is 33.1. The van der Waals surface area contributed by atoms with Crippen molar-refractivity contribution < 1.29 is 23.1 Å². The number of carboxylic acid groups (broad SMARTS) is 1. The van der Waals surface area contributed by atoms with Gasteiger partial charge in [0.15, 0.2) is 17.5 Å². The van der Waals surface area contributed by atoms with Crippen LogP contribution in [0.1, 0.15) is 0 Å². The van der Waals surface area contributed by atoms with Gasteiger partial charge in [-0.3, -0.25) is 0 Å². The second-order valence-corrected chi connectivity index (χ2v) is 4.29. The Morgan fingerprint density at radius 3 is 2.14 bits per heavy atom. The first-order valence-electron chi connectivity index (χ1n) is 3.22. The maximum Gasteiger partial charge on any atom is 0.375 e. The molecule has 0 bridgehead atoms. The molecule has 0 radical (unpaired) electrons. The number of benzene rings is 1. The van der Waals surface area contributed by atoms with Gasteiger partial charge in [0.25, 0.3) is 0 Å². The smallest absolute Gasteiger partial charge is 0.375 e. The lowest BCUT2D eigenvalue weighted by Crippen LogP contribution is -1.90. The molecule has 0 aliphatic rings. The summed E-state index contributed by atoms with van der Waals surface area (Å²) in [5.74, 6) is -4.23. The molecule has 2 nitrogen and oxygen atoms in total. The molecule has 0 saturated carbocycles. The van der Waals surface area contributed by atoms with E-state index >= 15 is 0 Å². The van der Waals surface area contributed by atoms with Crippen LogP contribution in [0, 0.1) is 17.5 Å². The van der Waals surface area contributed by atoms with Crippen LogP contribution in [-0.2, 0) is 0 Å². The molecule has 0 aliphatic heterocycles. The number of hydrogen-bond acceptors (Lipinski definition) is 3. The lowest BCUT2D eigenvalue weighted by molar-refractivity contribution is 0.222. The van der Waals surface area contributed by atoms with Crippen LogP contribution in [0.15, 0.2) is 17.0 Å². The summed E-state index contributed by atoms with van der Waals surface area (Å²) in [4.78, 5) is 10.1. The third kappa shape index (κ3) is 2.85. The second kappa shape index (κ2) is 4.61. The number of halogens is 3. The molecule has 0 fully saturated rings. The Morgan fingerprint density at radius 2 is 1.71 bits per heavy atom. The van der Waals surface area contributed by atoms with Crippen LogP contribution in [0.2, 0.25) is 0 Å². The zero-order valence-corrected chi connectivity index (χ0v) is 8.09. The minimum Gasteiger partial charge on any atom is -0.473 e. The predicted octanol–water partition coefficient (Wildman–Crippen LogP) is 3.52. The summed E-state index contributed by atoms with van der Waals surface area (Å²) < 4.78 is 37.6. The largest absolute Gasteiger partial charge is 0.473 e. The minimum absolute atomic E-state index is 0.00815. The van der Waals surface area contributed by atoms with E-state index in [1.165, 1.54) is 0 Å². The first-order chi connectivity index (χ1) is 6.50. The molecule has 0 saturated heterocycles. The van der Waals surface area contributed by atoms with Crippen LogP contribution < -0.4 is 0 Å². The van der Waals surface area contributed by atoms with Gasteiger partial charge in [0.1, 0.15) is 0 Å². The van der Waals surface area contributed by atoms with E-state index in [0.717, 1.165) is 12.1 Å². The Balaban J connectivity index is 2.84. The molecule has 7 heteroatoms. The lowest BCUT2D eigenvalue weighted by atomic mass is 10.3. The molecule has 0 unspecified atom stereocenters. The van der Waals surface area contributed by atoms with Crippen molar-refractivity contribution in [2.24, 2.45) is 0 Å². The highest BCUT2D eigenvalue weighted by Crippen LogP contribution is 2.32. The van der Waals surface area contributed by atoms with Gasteiger partial charge in [-0.05, 0) is 22.9 Å². The molecule has 0 spiro atoms. The molecule has 76 valence electrons. The first-order valence-corrected chi connectivity index (χ1v) is 5.37. The summed E-state index contributed by atoms with van der Waals surface area (Å²) in [6, 6.07) is 1.47. The van der Waals surface area contributed by atoms with Crippen molar-refractivity contribution in [1.82, 2.24) is 0 Å². The number of carbonyl (C=O) groups is 1. The van der Waals surface area contributed by atoms with E-state index in [9.17, 15) is 18.0 Å². The molecule has 14 heavy (non-hydrogen) atoms. The number of hydrogen-bond donors (Lipinski definition) is 1. The van der Waals surface area contributed by atoms with Gasteiger partial charge < -0.3 is 5.11 Å². The fourth-order valence-electron chi connectivity index (χ4n) is 0.664. The third-order valence-corrected chi connectivity index (χ3v) is 3.08. The van der Waals surface area contributed by atoms with E-state index in [-0.39, 0.29) is 4.90 Å². The minimum atomic E-state index is -1.56. The van der Waals surface area contributed by atoms with Crippen molar-refractivity contribution in [2.75, 3.05) is 0 Å². The maximum atomic E-state index is 12.6. The molecule has 0 amide bonds. The molecule has 1 rings (SSSR count). The van der Waals surface area contributed by atoms with E-state index < -0.39 is 22.8 Å². The van der Waals surface area contributed by atoms with Crippen molar-refractivity contribution in [3.63, 3.8) is 0 Å². The molecule has 0 heterocycles. The Morgan fingerprint density at radius 1 is 1.21 bits per heavy atom. The molecular weight excluding hydrogens is 237 g/mol. The van der Waals surface area contributed by atoms with Gasteiger partial charge in [-0.2, -0.15) is 0 Å². The summed E-state index contributed by atoms with van der Waals surface area (Å²) in [5, 5.41) is 7.05. The van der Waals surface area contributed by atoms with Gasteiger partial charge in [-0.1, -0.05) is 0 Å². The molecule has 0 aromatic heterocycles. The predicted molar refractivity (Wildman–Crippen MR) is 47.8 cm³/mol. The topological polar surface area (TPSA) is 37.3 Å². The normalized spacial score (nSPS) is 10.2. The zero-order valence-electron chi connectivity index (χ0n) is 6.46. The van der Waals surface area contributed by atoms with Crippen molar-refractivity contribution in [2.45, 2.75) is 4.90 Å². The fraction of sp³-hybridized carbons (Fsp3) is 0. The van der Waals surface area contributed by atoms with Gasteiger partial charge in [0, 0.05) is 15.7 Å². The Labute approximate surface area is 84.9 Å². The molecule has 0 atom stereocenters. The second-order valence-electron chi connectivity index (χ2n) is 2.13. The standard InChI is InChI=1S/C7H3F3O2S2/c8-4-1-3(13-14-7(11)12)2-5(9)6(4)10/h1-2H,(H,11,12). The van der Waals surface area contributed by atoms with Crippen molar-refractivity contribution >= 4 is 26.9 Å². The molecule has 0 aliphatic carbocycles. The molecule has 1 aromatic rings. The number of rotatable bonds is 2. The highest BCUT2D eigenvalue weighted by molar-refractivity contribution is 8.82. The van der Waals surface area contributed by atoms with Crippen LogP contribution in [0.3, 0.4) is 0 Å². The summed E-state index contributed by atoms with van der Waals surface area (Å²) in [5.41, 5.74) is 0. The molecule has 1 N–H and O–H groups in total. The monoisotopic (exact) mass is 240 g/mol. The highest BCUT2D eigenvalue weighted by Gasteiger charge is 2.11. The van der Waals surface area contributed by atoms with Crippen LogP contribution >= 0.6 is 21.6 Å². The van der Waals surface area contributed by atoms with Gasteiger partial charge in [-0.15, -0.1) is 0 Å². The van der Waals surface area contributed by atoms with Crippen LogP contribution in [0.25, 0.3) is 0 Å². The fourth-order valence-corrected chi connectivity index (χ4v) is 1.93. The van der Waals surface area contributed by atoms with E-state index in [1.54, 1.807) is 0 Å². The Kier molecular flexibility index (Phi) is 3.70. The molecular formula is C7H3F3O2S2. The van der Waals surface area contributed by atoms with E-state index in [4.69, 9.17) is 5.11 Å². The average Bonchev–Trinajstić information content (AvgIpc) is 2.10. The van der Waals surface area contributed by atoms with Crippen LogP contribution in [0.5, 0.6) is 0 Å². The summed E-state index contributed by atoms with van der Waals surface area (Å²) in [6.45, 7) is 0. The van der Waals surface area contributed by atoms with E-state index in [0.29, 0.717) is 21.6 Å². The van der Waals surface area contributed by atoms with Gasteiger partial charge >= 0.3 is 5.30 Å². The lowest BCUT2D eigenvalue weighted by Gasteiger charge is -1.99. The van der Waals surface area contributed by atoms with Gasteiger partial charge in [-0.25, -0.2) is 18.0 Å². The van der Waals surface area contributed by atoms with Crippen LogP contribution in [-0.4, -0.2) is 10.4 Å². The third-order valence-electron chi connectivity index (χ3n) is 1.17. The summed E-state index contributed by atoms with van der Waals surface area (Å²) >= 11 is 0. The average molecular weight is 240 g/mol. The van der Waals surface area contributed by atoms with Gasteiger partial charge in [0.2, 0.25) is 0 Å². The quantitative estimate of drug-likeness (QED) is 0.634. The maximum absolute atomic E-state index is 12.6.